The van der Waals surface area contributed by atoms with Gasteiger partial charge in [0.05, 0.1) is 17.7 Å². The van der Waals surface area contributed by atoms with Gasteiger partial charge in [-0.3, -0.25) is 4.79 Å². The van der Waals surface area contributed by atoms with E-state index in [2.05, 4.69) is 5.32 Å². The van der Waals surface area contributed by atoms with Crippen LogP contribution in [0.1, 0.15) is 27.5 Å². The molecule has 112 valence electrons. The minimum absolute atomic E-state index is 0.0839. The number of nitrogens with zero attached hydrogens (tertiary/aromatic N) is 2. The Kier molecular flexibility index (Phi) is 5.29. The molecular weight excluding hydrogens is 274 g/mol. The Morgan fingerprint density at radius 1 is 1.14 bits per heavy atom. The van der Waals surface area contributed by atoms with Crippen molar-refractivity contribution in [1.82, 2.24) is 10.2 Å². The molecule has 2 aromatic rings. The van der Waals surface area contributed by atoms with Gasteiger partial charge in [0.15, 0.2) is 0 Å². The SMILES string of the molecule is CN(C)C[C@H](NC(=O)c1ccc(C#N)cc1)c1ccccc1. The van der Waals surface area contributed by atoms with Gasteiger partial charge in [0.25, 0.3) is 5.91 Å². The van der Waals surface area contributed by atoms with Gasteiger partial charge >= 0.3 is 0 Å². The molecule has 0 spiro atoms. The Hall–Kier alpha value is -2.64. The second-order valence-electron chi connectivity index (χ2n) is 5.39. The minimum atomic E-state index is -0.139. The number of carbonyl (C=O) groups is 1. The summed E-state index contributed by atoms with van der Waals surface area (Å²) in [6.07, 6.45) is 0. The van der Waals surface area contributed by atoms with Gasteiger partial charge in [-0.25, -0.2) is 0 Å². The molecule has 2 rings (SSSR count). The zero-order valence-corrected chi connectivity index (χ0v) is 12.8. The number of likely N-dealkylation sites (N-methyl/N-ethyl adjacent to an activating group) is 1. The highest BCUT2D eigenvalue weighted by Gasteiger charge is 2.16. The summed E-state index contributed by atoms with van der Waals surface area (Å²) in [6, 6.07) is 18.5. The Morgan fingerprint density at radius 2 is 1.77 bits per heavy atom. The van der Waals surface area contributed by atoms with Gasteiger partial charge in [-0.1, -0.05) is 30.3 Å². The van der Waals surface area contributed by atoms with Crippen molar-refractivity contribution in [3.63, 3.8) is 0 Å². The second-order valence-corrected chi connectivity index (χ2v) is 5.39. The van der Waals surface area contributed by atoms with Crippen LogP contribution in [-0.2, 0) is 0 Å². The first-order valence-corrected chi connectivity index (χ1v) is 7.11. The summed E-state index contributed by atoms with van der Waals surface area (Å²) in [4.78, 5) is 14.4. The fourth-order valence-electron chi connectivity index (χ4n) is 2.22. The van der Waals surface area contributed by atoms with Gasteiger partial charge in [-0.2, -0.15) is 5.26 Å². The molecule has 2 aromatic carbocycles. The van der Waals surface area contributed by atoms with E-state index in [4.69, 9.17) is 5.26 Å². The maximum Gasteiger partial charge on any atom is 0.251 e. The molecule has 0 heterocycles. The third-order valence-corrected chi connectivity index (χ3v) is 3.33. The number of hydrogen-bond donors (Lipinski definition) is 1. The zero-order chi connectivity index (χ0) is 15.9. The summed E-state index contributed by atoms with van der Waals surface area (Å²) in [5.74, 6) is -0.139. The molecule has 0 fully saturated rings. The molecule has 22 heavy (non-hydrogen) atoms. The fourth-order valence-corrected chi connectivity index (χ4v) is 2.22. The van der Waals surface area contributed by atoms with Crippen LogP contribution in [0.4, 0.5) is 0 Å². The van der Waals surface area contributed by atoms with Crippen molar-refractivity contribution in [3.8, 4) is 6.07 Å². The van der Waals surface area contributed by atoms with Gasteiger partial charge < -0.3 is 10.2 Å². The minimum Gasteiger partial charge on any atom is -0.344 e. The molecule has 0 aliphatic carbocycles. The van der Waals surface area contributed by atoms with Crippen molar-refractivity contribution < 1.29 is 4.79 Å². The Labute approximate surface area is 131 Å². The Morgan fingerprint density at radius 3 is 2.32 bits per heavy atom. The van der Waals surface area contributed by atoms with E-state index in [0.717, 1.165) is 5.56 Å². The molecule has 1 atom stereocenters. The fraction of sp³-hybridized carbons (Fsp3) is 0.222. The summed E-state index contributed by atoms with van der Waals surface area (Å²) >= 11 is 0. The molecule has 0 saturated carbocycles. The largest absolute Gasteiger partial charge is 0.344 e. The van der Waals surface area contributed by atoms with Crippen LogP contribution >= 0.6 is 0 Å². The van der Waals surface area contributed by atoms with Crippen molar-refractivity contribution in [2.75, 3.05) is 20.6 Å². The molecule has 0 aliphatic rings. The van der Waals surface area contributed by atoms with E-state index >= 15 is 0 Å². The first kappa shape index (κ1) is 15.7. The molecule has 4 heteroatoms. The number of rotatable bonds is 5. The molecule has 0 aliphatic heterocycles. The summed E-state index contributed by atoms with van der Waals surface area (Å²) in [5, 5.41) is 11.9. The monoisotopic (exact) mass is 293 g/mol. The van der Waals surface area contributed by atoms with Gasteiger partial charge in [0, 0.05) is 12.1 Å². The van der Waals surface area contributed by atoms with Crippen LogP contribution in [0.3, 0.4) is 0 Å². The lowest BCUT2D eigenvalue weighted by molar-refractivity contribution is 0.0930. The van der Waals surface area contributed by atoms with Gasteiger partial charge in [0.1, 0.15) is 0 Å². The molecular formula is C18H19N3O. The number of nitrogens with one attached hydrogen (secondary N) is 1. The number of nitriles is 1. The lowest BCUT2D eigenvalue weighted by Crippen LogP contribution is -2.35. The maximum atomic E-state index is 12.4. The van der Waals surface area contributed by atoms with Crippen molar-refractivity contribution >= 4 is 5.91 Å². The van der Waals surface area contributed by atoms with Crippen LogP contribution in [0.2, 0.25) is 0 Å². The maximum absolute atomic E-state index is 12.4. The lowest BCUT2D eigenvalue weighted by Gasteiger charge is -2.23. The summed E-state index contributed by atoms with van der Waals surface area (Å²) in [6.45, 7) is 0.714. The summed E-state index contributed by atoms with van der Waals surface area (Å²) < 4.78 is 0. The third-order valence-electron chi connectivity index (χ3n) is 3.33. The molecule has 0 aromatic heterocycles. The highest BCUT2D eigenvalue weighted by molar-refractivity contribution is 5.94. The van der Waals surface area contributed by atoms with Crippen LogP contribution in [0.5, 0.6) is 0 Å². The topological polar surface area (TPSA) is 56.1 Å². The van der Waals surface area contributed by atoms with Gasteiger partial charge in [0.2, 0.25) is 0 Å². The Bertz CT molecular complexity index is 657. The van der Waals surface area contributed by atoms with Crippen LogP contribution in [0.25, 0.3) is 0 Å². The first-order valence-electron chi connectivity index (χ1n) is 7.11. The molecule has 1 N–H and O–H groups in total. The van der Waals surface area contributed by atoms with E-state index in [0.29, 0.717) is 17.7 Å². The Balaban J connectivity index is 2.15. The quantitative estimate of drug-likeness (QED) is 0.922. The predicted molar refractivity (Wildman–Crippen MR) is 86.4 cm³/mol. The van der Waals surface area contributed by atoms with E-state index < -0.39 is 0 Å². The zero-order valence-electron chi connectivity index (χ0n) is 12.8. The number of hydrogen-bond acceptors (Lipinski definition) is 3. The molecule has 0 bridgehead atoms. The number of amides is 1. The van der Waals surface area contributed by atoms with Crippen LogP contribution in [-0.4, -0.2) is 31.4 Å². The molecule has 0 radical (unpaired) electrons. The molecule has 0 saturated heterocycles. The van der Waals surface area contributed by atoms with Crippen molar-refractivity contribution in [1.29, 1.82) is 5.26 Å². The molecule has 1 amide bonds. The van der Waals surface area contributed by atoms with E-state index in [1.807, 2.05) is 55.4 Å². The number of carbonyl (C=O) groups excluding carboxylic acids is 1. The van der Waals surface area contributed by atoms with Gasteiger partial charge in [-0.05, 0) is 43.9 Å². The van der Waals surface area contributed by atoms with Crippen LogP contribution in [0, 0.1) is 11.3 Å². The van der Waals surface area contributed by atoms with Crippen LogP contribution in [0.15, 0.2) is 54.6 Å². The highest BCUT2D eigenvalue weighted by atomic mass is 16.1. The first-order chi connectivity index (χ1) is 10.6. The average Bonchev–Trinajstić information content (AvgIpc) is 2.54. The van der Waals surface area contributed by atoms with E-state index in [9.17, 15) is 4.79 Å². The second kappa shape index (κ2) is 7.39. The normalized spacial score (nSPS) is 11.7. The van der Waals surface area contributed by atoms with E-state index in [1.54, 1.807) is 24.3 Å². The van der Waals surface area contributed by atoms with Crippen molar-refractivity contribution in [2.45, 2.75) is 6.04 Å². The molecule has 4 nitrogen and oxygen atoms in total. The summed E-state index contributed by atoms with van der Waals surface area (Å²) in [7, 11) is 3.95. The molecule has 0 unspecified atom stereocenters. The predicted octanol–water partition coefficient (Wildman–Crippen LogP) is 2.59. The van der Waals surface area contributed by atoms with E-state index in [-0.39, 0.29) is 11.9 Å². The van der Waals surface area contributed by atoms with Crippen molar-refractivity contribution in [3.05, 3.63) is 71.3 Å². The standard InChI is InChI=1S/C18H19N3O/c1-21(2)13-17(15-6-4-3-5-7-15)20-18(22)16-10-8-14(12-19)9-11-16/h3-11,17H,13H2,1-2H3,(H,20,22)/t17-/m0/s1. The van der Waals surface area contributed by atoms with E-state index in [1.165, 1.54) is 0 Å². The highest BCUT2D eigenvalue weighted by Crippen LogP contribution is 2.14. The smallest absolute Gasteiger partial charge is 0.251 e. The van der Waals surface area contributed by atoms with Gasteiger partial charge in [-0.15, -0.1) is 0 Å². The third kappa shape index (κ3) is 4.18. The number of benzene rings is 2. The van der Waals surface area contributed by atoms with Crippen LogP contribution < -0.4 is 5.32 Å². The average molecular weight is 293 g/mol. The summed E-state index contributed by atoms with van der Waals surface area (Å²) in [5.41, 5.74) is 2.17. The lowest BCUT2D eigenvalue weighted by atomic mass is 10.1. The van der Waals surface area contributed by atoms with Crippen molar-refractivity contribution in [2.24, 2.45) is 0 Å².